The smallest absolute Gasteiger partial charge is 0.120 e. The number of ether oxygens (including phenoxy) is 1. The van der Waals surface area contributed by atoms with Gasteiger partial charge in [-0.15, -0.1) is 0 Å². The van der Waals surface area contributed by atoms with Gasteiger partial charge in [-0.3, -0.25) is 4.90 Å². The first-order valence-corrected chi connectivity index (χ1v) is 6.15. The summed E-state index contributed by atoms with van der Waals surface area (Å²) in [5.41, 5.74) is 8.51. The van der Waals surface area contributed by atoms with Crippen LogP contribution in [-0.4, -0.2) is 25.1 Å². The summed E-state index contributed by atoms with van der Waals surface area (Å²) in [6.07, 6.45) is 1.27. The van der Waals surface area contributed by atoms with Gasteiger partial charge in [0.25, 0.3) is 0 Å². The van der Waals surface area contributed by atoms with Gasteiger partial charge < -0.3 is 10.5 Å². The fourth-order valence-electron chi connectivity index (χ4n) is 2.44. The third-order valence-corrected chi connectivity index (χ3v) is 3.50. The Balaban J connectivity index is 2.04. The van der Waals surface area contributed by atoms with Crippen molar-refractivity contribution in [1.82, 2.24) is 4.90 Å². The van der Waals surface area contributed by atoms with Crippen LogP contribution in [0.3, 0.4) is 0 Å². The van der Waals surface area contributed by atoms with Crippen LogP contribution >= 0.6 is 0 Å². The van der Waals surface area contributed by atoms with E-state index in [0.29, 0.717) is 5.41 Å². The molecule has 1 aliphatic heterocycles. The summed E-state index contributed by atoms with van der Waals surface area (Å²) in [5, 5.41) is 0. The van der Waals surface area contributed by atoms with Gasteiger partial charge in [0, 0.05) is 24.8 Å². The van der Waals surface area contributed by atoms with Gasteiger partial charge in [-0.2, -0.15) is 0 Å². The fraction of sp³-hybridized carbons (Fsp3) is 0.571. The van der Waals surface area contributed by atoms with Gasteiger partial charge in [-0.1, -0.05) is 19.9 Å². The molecule has 17 heavy (non-hydrogen) atoms. The highest BCUT2D eigenvalue weighted by atomic mass is 16.5. The number of benzene rings is 1. The van der Waals surface area contributed by atoms with Crippen molar-refractivity contribution in [3.05, 3.63) is 23.8 Å². The Morgan fingerprint density at radius 1 is 1.41 bits per heavy atom. The zero-order valence-corrected chi connectivity index (χ0v) is 11.0. The Kier molecular flexibility index (Phi) is 3.29. The maximum atomic E-state index is 6.04. The summed E-state index contributed by atoms with van der Waals surface area (Å²) >= 11 is 0. The summed E-state index contributed by atoms with van der Waals surface area (Å²) in [6, 6.07) is 5.95. The molecule has 0 atom stereocenters. The molecule has 0 unspecified atom stereocenters. The Hall–Kier alpha value is -1.22. The van der Waals surface area contributed by atoms with Crippen LogP contribution in [0.4, 0.5) is 5.69 Å². The molecule has 3 nitrogen and oxygen atoms in total. The Bertz CT molecular complexity index is 401. The van der Waals surface area contributed by atoms with E-state index in [1.54, 1.807) is 7.11 Å². The number of methoxy groups -OCH3 is 1. The van der Waals surface area contributed by atoms with Crippen molar-refractivity contribution >= 4 is 5.69 Å². The molecule has 1 aromatic carbocycles. The first kappa shape index (κ1) is 12.2. The predicted octanol–water partition coefficient (Wildman–Crippen LogP) is 2.51. The molecule has 1 aliphatic rings. The largest absolute Gasteiger partial charge is 0.497 e. The van der Waals surface area contributed by atoms with Crippen molar-refractivity contribution in [2.45, 2.75) is 26.8 Å². The van der Waals surface area contributed by atoms with Crippen molar-refractivity contribution < 1.29 is 4.74 Å². The van der Waals surface area contributed by atoms with E-state index >= 15 is 0 Å². The zero-order valence-electron chi connectivity index (χ0n) is 11.0. The number of nitrogens with zero attached hydrogens (tertiary/aromatic N) is 1. The van der Waals surface area contributed by atoms with Crippen LogP contribution in [0.1, 0.15) is 25.8 Å². The highest BCUT2D eigenvalue weighted by molar-refractivity contribution is 5.51. The lowest BCUT2D eigenvalue weighted by molar-refractivity contribution is 0.284. The number of likely N-dealkylation sites (tertiary alicyclic amines) is 1. The van der Waals surface area contributed by atoms with E-state index in [1.165, 1.54) is 18.5 Å². The third-order valence-electron chi connectivity index (χ3n) is 3.50. The van der Waals surface area contributed by atoms with E-state index in [0.717, 1.165) is 24.5 Å². The third kappa shape index (κ3) is 2.91. The second-order valence-corrected chi connectivity index (χ2v) is 5.69. The van der Waals surface area contributed by atoms with Gasteiger partial charge >= 0.3 is 0 Å². The number of rotatable bonds is 3. The topological polar surface area (TPSA) is 38.5 Å². The molecule has 1 heterocycles. The highest BCUT2D eigenvalue weighted by Crippen LogP contribution is 2.31. The van der Waals surface area contributed by atoms with Crippen molar-refractivity contribution in [3.8, 4) is 5.75 Å². The number of hydrogen-bond acceptors (Lipinski definition) is 3. The molecule has 3 heteroatoms. The van der Waals surface area contributed by atoms with Crippen molar-refractivity contribution in [2.24, 2.45) is 5.41 Å². The Morgan fingerprint density at radius 3 is 2.71 bits per heavy atom. The molecule has 94 valence electrons. The second kappa shape index (κ2) is 4.57. The molecule has 1 fully saturated rings. The molecule has 0 aromatic heterocycles. The molecule has 0 aliphatic carbocycles. The maximum absolute atomic E-state index is 6.04. The SMILES string of the molecule is COc1ccc(CN2CCC(C)(C)C2)c(N)c1. The molecule has 2 rings (SSSR count). The minimum Gasteiger partial charge on any atom is -0.497 e. The van der Waals surface area contributed by atoms with Crippen LogP contribution in [0.25, 0.3) is 0 Å². The molecule has 2 N–H and O–H groups in total. The number of nitrogens with two attached hydrogens (primary N) is 1. The molecule has 0 saturated carbocycles. The molecular weight excluding hydrogens is 212 g/mol. The standard InChI is InChI=1S/C14H22N2O/c1-14(2)6-7-16(10-14)9-11-4-5-12(17-3)8-13(11)15/h4-5,8H,6-7,9-10,15H2,1-3H3. The summed E-state index contributed by atoms with van der Waals surface area (Å²) in [5.74, 6) is 0.827. The molecule has 1 saturated heterocycles. The van der Waals surface area contributed by atoms with Gasteiger partial charge in [-0.25, -0.2) is 0 Å². The summed E-state index contributed by atoms with van der Waals surface area (Å²) in [6.45, 7) is 7.91. The minimum atomic E-state index is 0.446. The Morgan fingerprint density at radius 2 is 2.18 bits per heavy atom. The van der Waals surface area contributed by atoms with E-state index in [-0.39, 0.29) is 0 Å². The number of anilines is 1. The van der Waals surface area contributed by atoms with Crippen LogP contribution in [-0.2, 0) is 6.54 Å². The van der Waals surface area contributed by atoms with Gasteiger partial charge in [0.1, 0.15) is 5.75 Å². The van der Waals surface area contributed by atoms with E-state index in [9.17, 15) is 0 Å². The average Bonchev–Trinajstić information content (AvgIpc) is 2.61. The normalized spacial score (nSPS) is 19.5. The van der Waals surface area contributed by atoms with Crippen molar-refractivity contribution in [2.75, 3.05) is 25.9 Å². The monoisotopic (exact) mass is 234 g/mol. The quantitative estimate of drug-likeness (QED) is 0.817. The molecule has 0 bridgehead atoms. The zero-order chi connectivity index (χ0) is 12.5. The number of nitrogen functional groups attached to an aromatic ring is 1. The van der Waals surface area contributed by atoms with Crippen molar-refractivity contribution in [1.29, 1.82) is 0 Å². The van der Waals surface area contributed by atoms with Crippen LogP contribution < -0.4 is 10.5 Å². The van der Waals surface area contributed by atoms with E-state index in [1.807, 2.05) is 12.1 Å². The van der Waals surface area contributed by atoms with E-state index in [4.69, 9.17) is 10.5 Å². The summed E-state index contributed by atoms with van der Waals surface area (Å²) < 4.78 is 5.16. The lowest BCUT2D eigenvalue weighted by Gasteiger charge is -2.20. The van der Waals surface area contributed by atoms with Gasteiger partial charge in [-0.05, 0) is 30.0 Å². The lowest BCUT2D eigenvalue weighted by Crippen LogP contribution is -2.23. The minimum absolute atomic E-state index is 0.446. The maximum Gasteiger partial charge on any atom is 0.120 e. The molecule has 0 radical (unpaired) electrons. The first-order valence-electron chi connectivity index (χ1n) is 6.15. The van der Waals surface area contributed by atoms with Gasteiger partial charge in [0.15, 0.2) is 0 Å². The highest BCUT2D eigenvalue weighted by Gasteiger charge is 2.29. The fourth-order valence-corrected chi connectivity index (χ4v) is 2.44. The van der Waals surface area contributed by atoms with E-state index in [2.05, 4.69) is 24.8 Å². The Labute approximate surface area is 104 Å². The van der Waals surface area contributed by atoms with Gasteiger partial charge in [0.05, 0.1) is 7.11 Å². The summed E-state index contributed by atoms with van der Waals surface area (Å²) in [4.78, 5) is 2.47. The van der Waals surface area contributed by atoms with Crippen LogP contribution in [0.5, 0.6) is 5.75 Å². The van der Waals surface area contributed by atoms with Crippen molar-refractivity contribution in [3.63, 3.8) is 0 Å². The molecule has 0 amide bonds. The first-order chi connectivity index (χ1) is 8.00. The predicted molar refractivity (Wildman–Crippen MR) is 71.1 cm³/mol. The number of hydrogen-bond donors (Lipinski definition) is 1. The van der Waals surface area contributed by atoms with Crippen LogP contribution in [0, 0.1) is 5.41 Å². The molecule has 1 aromatic rings. The average molecular weight is 234 g/mol. The van der Waals surface area contributed by atoms with E-state index < -0.39 is 0 Å². The van der Waals surface area contributed by atoms with Crippen LogP contribution in [0.15, 0.2) is 18.2 Å². The molecule has 0 spiro atoms. The van der Waals surface area contributed by atoms with Gasteiger partial charge in [0.2, 0.25) is 0 Å². The lowest BCUT2D eigenvalue weighted by atomic mass is 9.93. The van der Waals surface area contributed by atoms with Crippen LogP contribution in [0.2, 0.25) is 0 Å². The molecular formula is C14H22N2O. The second-order valence-electron chi connectivity index (χ2n) is 5.69. The summed E-state index contributed by atoms with van der Waals surface area (Å²) in [7, 11) is 1.66.